The van der Waals surface area contributed by atoms with E-state index in [4.69, 9.17) is 14.2 Å². The van der Waals surface area contributed by atoms with Crippen LogP contribution in [-0.4, -0.2) is 38.2 Å². The molecule has 4 rings (SSSR count). The second-order valence-corrected chi connectivity index (χ2v) is 9.41. The monoisotopic (exact) mass is 435 g/mol. The maximum Gasteiger partial charge on any atom is 0.321 e. The van der Waals surface area contributed by atoms with Crippen LogP contribution in [0.3, 0.4) is 0 Å². The number of nitrogens with zero attached hydrogens (tertiary/aromatic N) is 1. The number of anilines is 1. The molecule has 2 heterocycles. The number of amides is 1. The van der Waals surface area contributed by atoms with E-state index in [2.05, 4.69) is 6.58 Å². The lowest BCUT2D eigenvalue weighted by atomic mass is 9.60. The van der Waals surface area contributed by atoms with Crippen LogP contribution in [0.4, 0.5) is 5.69 Å². The number of hydrogen-bond donors (Lipinski definition) is 0. The molecule has 2 aromatic carbocycles. The number of likely N-dealkylation sites (N-methyl/N-ethyl adjacent to an activating group) is 1. The van der Waals surface area contributed by atoms with Gasteiger partial charge < -0.3 is 19.1 Å². The van der Waals surface area contributed by atoms with Crippen molar-refractivity contribution in [3.63, 3.8) is 0 Å². The van der Waals surface area contributed by atoms with E-state index in [0.717, 1.165) is 5.57 Å². The molecule has 6 nitrogen and oxygen atoms in total. The molecule has 0 bridgehead atoms. The first-order chi connectivity index (χ1) is 15.1. The molecule has 0 aliphatic carbocycles. The van der Waals surface area contributed by atoms with E-state index in [1.54, 1.807) is 43.3 Å². The molecule has 1 amide bonds. The molecule has 168 valence electrons. The summed E-state index contributed by atoms with van der Waals surface area (Å²) in [5.41, 5.74) is -1.09. The van der Waals surface area contributed by atoms with Gasteiger partial charge in [-0.05, 0) is 51.0 Å². The summed E-state index contributed by atoms with van der Waals surface area (Å²) in [5, 5.41) is 0. The third-order valence-electron chi connectivity index (χ3n) is 6.19. The van der Waals surface area contributed by atoms with Crippen LogP contribution in [-0.2, 0) is 30.1 Å². The van der Waals surface area contributed by atoms with Gasteiger partial charge >= 0.3 is 5.97 Å². The van der Waals surface area contributed by atoms with Crippen molar-refractivity contribution in [2.24, 2.45) is 0 Å². The Labute approximate surface area is 188 Å². The number of methoxy groups -OCH3 is 1. The van der Waals surface area contributed by atoms with Crippen molar-refractivity contribution in [2.45, 2.75) is 43.8 Å². The molecule has 0 radical (unpaired) electrons. The highest BCUT2D eigenvalue weighted by molar-refractivity contribution is 6.11. The summed E-state index contributed by atoms with van der Waals surface area (Å²) in [4.78, 5) is 29.6. The Morgan fingerprint density at radius 3 is 2.41 bits per heavy atom. The first-order valence-electron chi connectivity index (χ1n) is 10.6. The smallest absolute Gasteiger partial charge is 0.321 e. The van der Waals surface area contributed by atoms with Crippen molar-refractivity contribution in [3.8, 4) is 5.75 Å². The van der Waals surface area contributed by atoms with E-state index < -0.39 is 22.6 Å². The Morgan fingerprint density at radius 2 is 1.78 bits per heavy atom. The van der Waals surface area contributed by atoms with Crippen molar-refractivity contribution in [1.29, 1.82) is 0 Å². The normalized spacial score (nSPS) is 25.1. The molecule has 2 aromatic rings. The fourth-order valence-electron chi connectivity index (χ4n) is 4.84. The van der Waals surface area contributed by atoms with Gasteiger partial charge in [0, 0.05) is 12.6 Å². The fourth-order valence-corrected chi connectivity index (χ4v) is 4.84. The predicted molar refractivity (Wildman–Crippen MR) is 122 cm³/mol. The predicted octanol–water partition coefficient (Wildman–Crippen LogP) is 4.12. The molecule has 0 saturated carbocycles. The van der Waals surface area contributed by atoms with Crippen molar-refractivity contribution >= 4 is 17.6 Å². The molecule has 2 atom stereocenters. The van der Waals surface area contributed by atoms with Crippen LogP contribution < -0.4 is 9.64 Å². The molecule has 2 aliphatic rings. The largest absolute Gasteiger partial charge is 0.497 e. The first kappa shape index (κ1) is 22.1. The van der Waals surface area contributed by atoms with Gasteiger partial charge in [0.15, 0.2) is 5.60 Å². The van der Waals surface area contributed by atoms with Crippen molar-refractivity contribution in [1.82, 2.24) is 0 Å². The third-order valence-corrected chi connectivity index (χ3v) is 6.19. The Kier molecular flexibility index (Phi) is 5.17. The van der Waals surface area contributed by atoms with Crippen LogP contribution in [0.2, 0.25) is 0 Å². The second kappa shape index (κ2) is 7.48. The van der Waals surface area contributed by atoms with Gasteiger partial charge in [-0.1, -0.05) is 42.5 Å². The maximum atomic E-state index is 14.1. The number of ether oxygens (including phenoxy) is 3. The second-order valence-electron chi connectivity index (χ2n) is 9.41. The van der Waals surface area contributed by atoms with Gasteiger partial charge in [0.1, 0.15) is 16.8 Å². The van der Waals surface area contributed by atoms with Gasteiger partial charge in [0.05, 0.1) is 19.4 Å². The average Bonchev–Trinajstić information content (AvgIpc) is 2.97. The SMILES string of the molecule is C=C1CO[C@@]2(C(=O)N(C)c3ccccc32)[C@](C(=O)OC(C)(C)C)(c2ccc(OC)cc2)C1. The van der Waals surface area contributed by atoms with Gasteiger partial charge in [-0.2, -0.15) is 0 Å². The van der Waals surface area contributed by atoms with Crippen molar-refractivity contribution in [3.05, 3.63) is 71.8 Å². The number of carbonyl (C=O) groups excluding carboxylic acids is 2. The fraction of sp³-hybridized carbons (Fsp3) is 0.385. The number of fused-ring (bicyclic) bond motifs is 2. The highest BCUT2D eigenvalue weighted by Crippen LogP contribution is 2.59. The van der Waals surface area contributed by atoms with Gasteiger partial charge in [0.25, 0.3) is 5.91 Å². The summed E-state index contributed by atoms with van der Waals surface area (Å²) in [6, 6.07) is 14.6. The summed E-state index contributed by atoms with van der Waals surface area (Å²) >= 11 is 0. The molecule has 0 N–H and O–H groups in total. The number of hydrogen-bond acceptors (Lipinski definition) is 5. The van der Waals surface area contributed by atoms with E-state index in [9.17, 15) is 9.59 Å². The Balaban J connectivity index is 2.06. The van der Waals surface area contributed by atoms with E-state index in [-0.39, 0.29) is 18.9 Å². The zero-order valence-electron chi connectivity index (χ0n) is 19.2. The van der Waals surface area contributed by atoms with E-state index in [1.807, 2.05) is 45.0 Å². The number of esters is 1. The molecule has 1 saturated heterocycles. The van der Waals surface area contributed by atoms with E-state index >= 15 is 0 Å². The highest BCUT2D eigenvalue weighted by atomic mass is 16.6. The minimum atomic E-state index is -1.57. The van der Waals surface area contributed by atoms with Gasteiger partial charge in [-0.25, -0.2) is 0 Å². The van der Waals surface area contributed by atoms with Gasteiger partial charge in [0.2, 0.25) is 0 Å². The minimum Gasteiger partial charge on any atom is -0.497 e. The topological polar surface area (TPSA) is 65.1 Å². The third kappa shape index (κ3) is 3.05. The summed E-state index contributed by atoms with van der Waals surface area (Å²) in [7, 11) is 3.29. The quantitative estimate of drug-likeness (QED) is 0.536. The van der Waals surface area contributed by atoms with Gasteiger partial charge in [-0.15, -0.1) is 0 Å². The minimum absolute atomic E-state index is 0.175. The van der Waals surface area contributed by atoms with Crippen LogP contribution in [0.1, 0.15) is 38.3 Å². The highest BCUT2D eigenvalue weighted by Gasteiger charge is 2.70. The molecular formula is C26H29NO5. The summed E-state index contributed by atoms with van der Waals surface area (Å²) < 4.78 is 17.7. The number of carbonyl (C=O) groups is 2. The van der Waals surface area contributed by atoms with Crippen LogP contribution >= 0.6 is 0 Å². The molecule has 6 heteroatoms. The zero-order chi connectivity index (χ0) is 23.3. The van der Waals surface area contributed by atoms with Gasteiger partial charge in [-0.3, -0.25) is 9.59 Å². The lowest BCUT2D eigenvalue weighted by Crippen LogP contribution is -2.64. The number of benzene rings is 2. The molecular weight excluding hydrogens is 406 g/mol. The molecule has 1 fully saturated rings. The average molecular weight is 436 g/mol. The lowest BCUT2D eigenvalue weighted by molar-refractivity contribution is -0.191. The maximum absolute atomic E-state index is 14.1. The zero-order valence-corrected chi connectivity index (χ0v) is 19.2. The van der Waals surface area contributed by atoms with Crippen LogP contribution in [0.25, 0.3) is 0 Å². The van der Waals surface area contributed by atoms with Crippen LogP contribution in [0, 0.1) is 0 Å². The van der Waals surface area contributed by atoms with Crippen molar-refractivity contribution in [2.75, 3.05) is 25.7 Å². The Morgan fingerprint density at radius 1 is 1.12 bits per heavy atom. The number of rotatable bonds is 3. The molecule has 2 aliphatic heterocycles. The summed E-state index contributed by atoms with van der Waals surface area (Å²) in [6.45, 7) is 9.74. The Hall–Kier alpha value is -3.12. The van der Waals surface area contributed by atoms with Crippen LogP contribution in [0.15, 0.2) is 60.7 Å². The molecule has 0 aromatic heterocycles. The Bertz CT molecular complexity index is 1080. The molecule has 0 unspecified atom stereocenters. The summed E-state index contributed by atoms with van der Waals surface area (Å²) in [6.07, 6.45) is 0.224. The lowest BCUT2D eigenvalue weighted by Gasteiger charge is -2.49. The van der Waals surface area contributed by atoms with Crippen molar-refractivity contribution < 1.29 is 23.8 Å². The van der Waals surface area contributed by atoms with Crippen LogP contribution in [0.5, 0.6) is 5.75 Å². The standard InChI is InChI=1S/C26H29NO5/c1-17-15-25(23(29)32-24(2,3)4,18-11-13-19(30-6)14-12-18)26(31-16-17)20-9-7-8-10-21(20)27(5)22(26)28/h7-14H,1,15-16H2,2-6H3/t25-,26-/m0/s1. The number of para-hydroxylation sites is 1. The summed E-state index contributed by atoms with van der Waals surface area (Å²) in [5.74, 6) is -0.171. The van der Waals surface area contributed by atoms with E-state index in [0.29, 0.717) is 22.6 Å². The molecule has 32 heavy (non-hydrogen) atoms. The first-order valence-corrected chi connectivity index (χ1v) is 10.6. The molecule has 1 spiro atoms. The van der Waals surface area contributed by atoms with E-state index in [1.165, 1.54) is 0 Å².